The van der Waals surface area contributed by atoms with E-state index >= 15 is 0 Å². The molecule has 2 nitrogen and oxygen atoms in total. The van der Waals surface area contributed by atoms with Crippen LogP contribution in [0.25, 0.3) is 6.08 Å². The molecule has 0 atom stereocenters. The molecule has 0 heterocycles. The first-order chi connectivity index (χ1) is 6.83. The van der Waals surface area contributed by atoms with Crippen molar-refractivity contribution in [2.24, 2.45) is 0 Å². The number of hydrogen-bond acceptors (Lipinski definition) is 2. The van der Waals surface area contributed by atoms with Crippen molar-refractivity contribution in [3.8, 4) is 5.75 Å². The summed E-state index contributed by atoms with van der Waals surface area (Å²) in [6.07, 6.45) is -3.28. The first-order valence-electron chi connectivity index (χ1n) is 4.12. The third-order valence-electron chi connectivity index (χ3n) is 1.92. The average Bonchev–Trinajstić information content (AvgIpc) is 2.08. The minimum absolute atomic E-state index is 0.242. The lowest BCUT2D eigenvalue weighted by molar-refractivity contribution is -0.274. The maximum atomic E-state index is 11.9. The number of anilines is 1. The first-order valence-corrected chi connectivity index (χ1v) is 4.12. The summed E-state index contributed by atoms with van der Waals surface area (Å²) >= 11 is 0. The van der Waals surface area contributed by atoms with Crippen LogP contribution in [0.15, 0.2) is 18.7 Å². The Labute approximate surface area is 85.2 Å². The van der Waals surface area contributed by atoms with E-state index in [1.54, 1.807) is 6.92 Å². The van der Waals surface area contributed by atoms with Crippen LogP contribution < -0.4 is 10.5 Å². The summed E-state index contributed by atoms with van der Waals surface area (Å²) in [5.74, 6) is -0.333. The van der Waals surface area contributed by atoms with E-state index in [1.165, 1.54) is 12.1 Å². The van der Waals surface area contributed by atoms with E-state index in [0.717, 1.165) is 6.07 Å². The van der Waals surface area contributed by atoms with Crippen molar-refractivity contribution in [1.82, 2.24) is 0 Å². The van der Waals surface area contributed by atoms with Crippen molar-refractivity contribution in [3.05, 3.63) is 29.8 Å². The SMILES string of the molecule is C=Cc1cc(OC(F)(F)F)cc(N)c1C. The zero-order valence-corrected chi connectivity index (χ0v) is 8.06. The van der Waals surface area contributed by atoms with Crippen LogP contribution >= 0.6 is 0 Å². The standard InChI is InChI=1S/C10H10F3NO/c1-3-7-4-8(15-10(11,12)13)5-9(14)6(7)2/h3-5H,1,14H2,2H3. The van der Waals surface area contributed by atoms with Gasteiger partial charge in [-0.2, -0.15) is 0 Å². The number of halogens is 3. The van der Waals surface area contributed by atoms with Gasteiger partial charge in [0.1, 0.15) is 5.75 Å². The van der Waals surface area contributed by atoms with Crippen LogP contribution in [0.4, 0.5) is 18.9 Å². The molecule has 0 saturated heterocycles. The van der Waals surface area contributed by atoms with Gasteiger partial charge in [-0.25, -0.2) is 0 Å². The van der Waals surface area contributed by atoms with E-state index in [0.29, 0.717) is 11.1 Å². The van der Waals surface area contributed by atoms with Gasteiger partial charge in [-0.05, 0) is 24.1 Å². The summed E-state index contributed by atoms with van der Waals surface area (Å²) in [5, 5.41) is 0. The number of nitrogen functional groups attached to an aromatic ring is 1. The van der Waals surface area contributed by atoms with Gasteiger partial charge in [0.25, 0.3) is 0 Å². The Morgan fingerprint density at radius 2 is 2.00 bits per heavy atom. The quantitative estimate of drug-likeness (QED) is 0.772. The predicted molar refractivity (Wildman–Crippen MR) is 52.4 cm³/mol. The monoisotopic (exact) mass is 217 g/mol. The second-order valence-corrected chi connectivity index (χ2v) is 2.98. The van der Waals surface area contributed by atoms with Gasteiger partial charge in [0.15, 0.2) is 0 Å². The minimum atomic E-state index is -4.71. The van der Waals surface area contributed by atoms with E-state index in [-0.39, 0.29) is 11.4 Å². The Balaban J connectivity index is 3.11. The van der Waals surface area contributed by atoms with E-state index in [2.05, 4.69) is 11.3 Å². The smallest absolute Gasteiger partial charge is 0.406 e. The molecule has 0 aliphatic heterocycles. The molecule has 82 valence electrons. The zero-order valence-electron chi connectivity index (χ0n) is 8.06. The number of nitrogens with two attached hydrogens (primary N) is 1. The van der Waals surface area contributed by atoms with Gasteiger partial charge in [0.05, 0.1) is 0 Å². The Kier molecular flexibility index (Phi) is 2.93. The highest BCUT2D eigenvalue weighted by molar-refractivity contribution is 5.64. The molecule has 0 aromatic heterocycles. The molecule has 0 amide bonds. The summed E-state index contributed by atoms with van der Waals surface area (Å²) in [6.45, 7) is 5.18. The fraction of sp³-hybridized carbons (Fsp3) is 0.200. The van der Waals surface area contributed by atoms with Crippen LogP contribution in [-0.4, -0.2) is 6.36 Å². The molecular formula is C10H10F3NO. The molecule has 2 N–H and O–H groups in total. The van der Waals surface area contributed by atoms with Gasteiger partial charge in [0.2, 0.25) is 0 Å². The molecule has 0 unspecified atom stereocenters. The third kappa shape index (κ3) is 2.90. The summed E-state index contributed by atoms with van der Waals surface area (Å²) in [4.78, 5) is 0. The lowest BCUT2D eigenvalue weighted by Gasteiger charge is -2.12. The predicted octanol–water partition coefficient (Wildman–Crippen LogP) is 3.12. The third-order valence-corrected chi connectivity index (χ3v) is 1.92. The second kappa shape index (κ2) is 3.84. The average molecular weight is 217 g/mol. The van der Waals surface area contributed by atoms with Crippen LogP contribution in [0.2, 0.25) is 0 Å². The lowest BCUT2D eigenvalue weighted by atomic mass is 10.1. The van der Waals surface area contributed by atoms with E-state index in [1.807, 2.05) is 0 Å². The van der Waals surface area contributed by atoms with Gasteiger partial charge in [-0.3, -0.25) is 0 Å². The van der Waals surface area contributed by atoms with Gasteiger partial charge < -0.3 is 10.5 Å². The molecular weight excluding hydrogens is 207 g/mol. The molecule has 1 rings (SSSR count). The molecule has 0 radical (unpaired) electrons. The normalized spacial score (nSPS) is 11.2. The van der Waals surface area contributed by atoms with Crippen molar-refractivity contribution < 1.29 is 17.9 Å². The van der Waals surface area contributed by atoms with Crippen LogP contribution in [0.1, 0.15) is 11.1 Å². The van der Waals surface area contributed by atoms with Gasteiger partial charge in [0, 0.05) is 11.8 Å². The van der Waals surface area contributed by atoms with Crippen LogP contribution in [0.5, 0.6) is 5.75 Å². The summed E-state index contributed by atoms with van der Waals surface area (Å²) in [6, 6.07) is 2.38. The van der Waals surface area contributed by atoms with Crippen LogP contribution in [0.3, 0.4) is 0 Å². The molecule has 0 aliphatic carbocycles. The molecule has 1 aromatic rings. The van der Waals surface area contributed by atoms with Gasteiger partial charge in [-0.1, -0.05) is 12.7 Å². The van der Waals surface area contributed by atoms with E-state index in [4.69, 9.17) is 5.73 Å². The number of alkyl halides is 3. The molecule has 0 saturated carbocycles. The summed E-state index contributed by atoms with van der Waals surface area (Å²) < 4.78 is 39.5. The molecule has 0 aliphatic rings. The number of rotatable bonds is 2. The van der Waals surface area contributed by atoms with Gasteiger partial charge >= 0.3 is 6.36 Å². The summed E-state index contributed by atoms with van der Waals surface area (Å²) in [7, 11) is 0. The van der Waals surface area contributed by atoms with Crippen molar-refractivity contribution in [2.45, 2.75) is 13.3 Å². The number of ether oxygens (including phenoxy) is 1. The number of hydrogen-bond donors (Lipinski definition) is 1. The fourth-order valence-corrected chi connectivity index (χ4v) is 1.14. The molecule has 0 bridgehead atoms. The van der Waals surface area contributed by atoms with Crippen molar-refractivity contribution in [3.63, 3.8) is 0 Å². The highest BCUT2D eigenvalue weighted by Crippen LogP contribution is 2.29. The minimum Gasteiger partial charge on any atom is -0.406 e. The Bertz CT molecular complexity index is 385. The van der Waals surface area contributed by atoms with Gasteiger partial charge in [-0.15, -0.1) is 13.2 Å². The fourth-order valence-electron chi connectivity index (χ4n) is 1.14. The molecule has 1 aromatic carbocycles. The van der Waals surface area contributed by atoms with Crippen molar-refractivity contribution in [1.29, 1.82) is 0 Å². The highest BCUT2D eigenvalue weighted by atomic mass is 19.4. The molecule has 0 fully saturated rings. The summed E-state index contributed by atoms with van der Waals surface area (Å²) in [5.41, 5.74) is 6.97. The molecule has 0 spiro atoms. The molecule has 5 heteroatoms. The Morgan fingerprint density at radius 3 is 2.47 bits per heavy atom. The zero-order chi connectivity index (χ0) is 11.6. The Morgan fingerprint density at radius 1 is 1.40 bits per heavy atom. The highest BCUT2D eigenvalue weighted by Gasteiger charge is 2.31. The Hall–Kier alpha value is -1.65. The van der Waals surface area contributed by atoms with Crippen molar-refractivity contribution >= 4 is 11.8 Å². The van der Waals surface area contributed by atoms with Crippen molar-refractivity contribution in [2.75, 3.05) is 5.73 Å². The van der Waals surface area contributed by atoms with Crippen LogP contribution in [0, 0.1) is 6.92 Å². The van der Waals surface area contributed by atoms with Crippen LogP contribution in [-0.2, 0) is 0 Å². The first kappa shape index (κ1) is 11.4. The molecule has 15 heavy (non-hydrogen) atoms. The second-order valence-electron chi connectivity index (χ2n) is 2.98. The maximum Gasteiger partial charge on any atom is 0.573 e. The van der Waals surface area contributed by atoms with E-state index < -0.39 is 6.36 Å². The largest absolute Gasteiger partial charge is 0.573 e. The number of benzene rings is 1. The maximum absolute atomic E-state index is 11.9. The topological polar surface area (TPSA) is 35.2 Å². The van der Waals surface area contributed by atoms with E-state index in [9.17, 15) is 13.2 Å². The lowest BCUT2D eigenvalue weighted by Crippen LogP contribution is -2.17.